The lowest BCUT2D eigenvalue weighted by Gasteiger charge is -2.23. The molecule has 34 heavy (non-hydrogen) atoms. The number of halogens is 1. The third kappa shape index (κ3) is 3.72. The first-order valence-corrected chi connectivity index (χ1v) is 11.4. The van der Waals surface area contributed by atoms with E-state index in [1.54, 1.807) is 54.6 Å². The number of aromatic nitrogens is 1. The molecule has 8 heteroatoms. The van der Waals surface area contributed by atoms with Gasteiger partial charge in [0.25, 0.3) is 5.78 Å². The number of benzene rings is 3. The average Bonchev–Trinajstić information content (AvgIpc) is 3.37. The van der Waals surface area contributed by atoms with E-state index in [1.807, 2.05) is 6.92 Å². The molecule has 1 unspecified atom stereocenters. The van der Waals surface area contributed by atoms with E-state index >= 15 is 0 Å². The number of fused-ring (bicyclic) bond motifs is 1. The molecule has 0 aliphatic carbocycles. The predicted molar refractivity (Wildman–Crippen MR) is 128 cm³/mol. The first-order chi connectivity index (χ1) is 16.5. The highest BCUT2D eigenvalue weighted by molar-refractivity contribution is 7.22. The highest BCUT2D eigenvalue weighted by Crippen LogP contribution is 2.44. The standard InChI is InChI=1S/C26H19FN2O4S/c1-2-33-18-11-8-15(9-12-18)22-21(23(30)16-6-4-3-5-7-16)24(31)25(32)29(22)26-28-19-13-10-17(27)14-20(19)34-26/h3-14,22,30H,2H2,1H3/b23-21+. The van der Waals surface area contributed by atoms with Crippen molar-refractivity contribution in [1.82, 2.24) is 4.98 Å². The summed E-state index contributed by atoms with van der Waals surface area (Å²) in [7, 11) is 0. The molecule has 0 radical (unpaired) electrons. The van der Waals surface area contributed by atoms with Gasteiger partial charge in [0, 0.05) is 5.56 Å². The molecule has 1 fully saturated rings. The zero-order valence-corrected chi connectivity index (χ0v) is 18.9. The lowest BCUT2D eigenvalue weighted by Crippen LogP contribution is -2.29. The first kappa shape index (κ1) is 21.8. The number of nitrogens with zero attached hydrogens (tertiary/aromatic N) is 2. The summed E-state index contributed by atoms with van der Waals surface area (Å²) in [5, 5.41) is 11.4. The van der Waals surface area contributed by atoms with Crippen LogP contribution in [0.1, 0.15) is 24.1 Å². The van der Waals surface area contributed by atoms with Gasteiger partial charge in [0.05, 0.1) is 28.4 Å². The van der Waals surface area contributed by atoms with Gasteiger partial charge in [0.15, 0.2) is 5.13 Å². The van der Waals surface area contributed by atoms with Crippen LogP contribution in [-0.4, -0.2) is 28.4 Å². The molecule has 1 saturated heterocycles. The fraction of sp³-hybridized carbons (Fsp3) is 0.115. The van der Waals surface area contributed by atoms with Crippen LogP contribution in [0.4, 0.5) is 9.52 Å². The van der Waals surface area contributed by atoms with Gasteiger partial charge in [-0.3, -0.25) is 14.5 Å². The van der Waals surface area contributed by atoms with Gasteiger partial charge in [-0.05, 0) is 42.8 Å². The smallest absolute Gasteiger partial charge is 0.301 e. The molecule has 170 valence electrons. The number of aliphatic hydroxyl groups is 1. The second kappa shape index (κ2) is 8.72. The van der Waals surface area contributed by atoms with Crippen molar-refractivity contribution in [3.63, 3.8) is 0 Å². The van der Waals surface area contributed by atoms with Gasteiger partial charge in [-0.2, -0.15) is 0 Å². The van der Waals surface area contributed by atoms with Crippen LogP contribution in [0.2, 0.25) is 0 Å². The number of aliphatic hydroxyl groups excluding tert-OH is 1. The molecule has 0 saturated carbocycles. The molecule has 1 N–H and O–H groups in total. The number of carbonyl (C=O) groups excluding carboxylic acids is 2. The van der Waals surface area contributed by atoms with E-state index in [2.05, 4.69) is 4.98 Å². The summed E-state index contributed by atoms with van der Waals surface area (Å²) < 4.78 is 19.8. The summed E-state index contributed by atoms with van der Waals surface area (Å²) in [5.74, 6) is -1.67. The van der Waals surface area contributed by atoms with E-state index in [4.69, 9.17) is 4.74 Å². The molecule has 6 nitrogen and oxygen atoms in total. The molecular weight excluding hydrogens is 455 g/mol. The van der Waals surface area contributed by atoms with Crippen molar-refractivity contribution in [3.8, 4) is 5.75 Å². The molecule has 0 spiro atoms. The quantitative estimate of drug-likeness (QED) is 0.236. The van der Waals surface area contributed by atoms with Crippen LogP contribution in [0.5, 0.6) is 5.75 Å². The van der Waals surface area contributed by atoms with Crippen molar-refractivity contribution in [2.45, 2.75) is 13.0 Å². The number of hydrogen-bond acceptors (Lipinski definition) is 6. The maximum Gasteiger partial charge on any atom is 0.301 e. The number of ether oxygens (including phenoxy) is 1. The van der Waals surface area contributed by atoms with E-state index in [9.17, 15) is 19.1 Å². The number of thiazole rings is 1. The van der Waals surface area contributed by atoms with E-state index in [0.29, 0.717) is 33.7 Å². The lowest BCUT2D eigenvalue weighted by atomic mass is 9.95. The second-order valence-corrected chi connectivity index (χ2v) is 8.65. The van der Waals surface area contributed by atoms with E-state index in [1.165, 1.54) is 23.1 Å². The minimum Gasteiger partial charge on any atom is -0.507 e. The van der Waals surface area contributed by atoms with Crippen molar-refractivity contribution in [1.29, 1.82) is 0 Å². The summed E-state index contributed by atoms with van der Waals surface area (Å²) in [5.41, 5.74) is 1.50. The topological polar surface area (TPSA) is 79.7 Å². The maximum absolute atomic E-state index is 13.8. The van der Waals surface area contributed by atoms with Gasteiger partial charge in [-0.15, -0.1) is 0 Å². The Kier molecular flexibility index (Phi) is 5.59. The van der Waals surface area contributed by atoms with Gasteiger partial charge in [-0.1, -0.05) is 53.8 Å². The predicted octanol–water partition coefficient (Wildman–Crippen LogP) is 5.46. The number of Topliss-reactive ketones (excluding diaryl/α,β-unsaturated/α-hetero) is 1. The highest BCUT2D eigenvalue weighted by Gasteiger charge is 2.48. The number of rotatable bonds is 5. The molecule has 4 aromatic rings. The van der Waals surface area contributed by atoms with Crippen LogP contribution < -0.4 is 9.64 Å². The first-order valence-electron chi connectivity index (χ1n) is 10.6. The van der Waals surface area contributed by atoms with Gasteiger partial charge in [-0.25, -0.2) is 9.37 Å². The number of amides is 1. The van der Waals surface area contributed by atoms with E-state index in [0.717, 1.165) is 11.3 Å². The Morgan fingerprint density at radius 3 is 2.53 bits per heavy atom. The van der Waals surface area contributed by atoms with Crippen molar-refractivity contribution < 1.29 is 23.8 Å². The normalized spacial score (nSPS) is 17.5. The van der Waals surface area contributed by atoms with Crippen LogP contribution >= 0.6 is 11.3 Å². The fourth-order valence-electron chi connectivity index (χ4n) is 4.00. The molecule has 1 atom stereocenters. The van der Waals surface area contributed by atoms with Crippen molar-refractivity contribution >= 4 is 44.1 Å². The minimum absolute atomic E-state index is 0.0363. The van der Waals surface area contributed by atoms with Gasteiger partial charge in [0.1, 0.15) is 17.3 Å². The average molecular weight is 475 g/mol. The summed E-state index contributed by atoms with van der Waals surface area (Å²) in [6.45, 7) is 2.37. The van der Waals surface area contributed by atoms with Gasteiger partial charge >= 0.3 is 5.91 Å². The Hall–Kier alpha value is -4.04. The number of carbonyl (C=O) groups is 2. The minimum atomic E-state index is -0.915. The Morgan fingerprint density at radius 1 is 1.09 bits per heavy atom. The second-order valence-electron chi connectivity index (χ2n) is 7.65. The van der Waals surface area contributed by atoms with Crippen LogP contribution in [0, 0.1) is 5.82 Å². The third-order valence-corrected chi connectivity index (χ3v) is 6.56. The van der Waals surface area contributed by atoms with E-state index in [-0.39, 0.29) is 16.5 Å². The van der Waals surface area contributed by atoms with Crippen molar-refractivity contribution in [2.24, 2.45) is 0 Å². The lowest BCUT2D eigenvalue weighted by molar-refractivity contribution is -0.132. The number of anilines is 1. The molecule has 1 amide bonds. The Labute approximate surface area is 198 Å². The number of hydrogen-bond donors (Lipinski definition) is 1. The molecule has 1 aromatic heterocycles. The Morgan fingerprint density at radius 2 is 1.82 bits per heavy atom. The summed E-state index contributed by atoms with van der Waals surface area (Å²) >= 11 is 1.11. The van der Waals surface area contributed by atoms with E-state index < -0.39 is 23.5 Å². The maximum atomic E-state index is 13.8. The van der Waals surface area contributed by atoms with Crippen LogP contribution in [0.15, 0.2) is 78.4 Å². The fourth-order valence-corrected chi connectivity index (χ4v) is 5.02. The van der Waals surface area contributed by atoms with Crippen LogP contribution in [-0.2, 0) is 9.59 Å². The van der Waals surface area contributed by atoms with Crippen molar-refractivity contribution in [2.75, 3.05) is 11.5 Å². The van der Waals surface area contributed by atoms with Crippen molar-refractivity contribution in [3.05, 3.63) is 95.3 Å². The summed E-state index contributed by atoms with van der Waals surface area (Å²) in [6.07, 6.45) is 0. The zero-order chi connectivity index (χ0) is 23.8. The molecule has 1 aliphatic rings. The SMILES string of the molecule is CCOc1ccc(C2/C(=C(\O)c3ccccc3)C(=O)C(=O)N2c2nc3ccc(F)cc3s2)cc1. The molecule has 1 aliphatic heterocycles. The number of ketones is 1. The van der Waals surface area contributed by atoms with Gasteiger partial charge in [0.2, 0.25) is 0 Å². The summed E-state index contributed by atoms with van der Waals surface area (Å²) in [6, 6.07) is 18.8. The molecule has 3 aromatic carbocycles. The third-order valence-electron chi connectivity index (χ3n) is 5.54. The molecular formula is C26H19FN2O4S. The largest absolute Gasteiger partial charge is 0.507 e. The molecule has 2 heterocycles. The monoisotopic (exact) mass is 474 g/mol. The summed E-state index contributed by atoms with van der Waals surface area (Å²) in [4.78, 5) is 32.2. The highest BCUT2D eigenvalue weighted by atomic mass is 32.1. The Balaban J connectivity index is 1.70. The Bertz CT molecular complexity index is 1430. The molecule has 0 bridgehead atoms. The van der Waals surface area contributed by atoms with Crippen LogP contribution in [0.25, 0.3) is 16.0 Å². The molecule has 5 rings (SSSR count). The van der Waals surface area contributed by atoms with Gasteiger partial charge < -0.3 is 9.84 Å². The zero-order valence-electron chi connectivity index (χ0n) is 18.1. The van der Waals surface area contributed by atoms with Crippen LogP contribution in [0.3, 0.4) is 0 Å².